The second kappa shape index (κ2) is 8.02. The molecule has 1 unspecified atom stereocenters. The van der Waals surface area contributed by atoms with Crippen molar-refractivity contribution in [1.29, 1.82) is 0 Å². The molecule has 0 saturated carbocycles. The highest BCUT2D eigenvalue weighted by molar-refractivity contribution is 4.80. The summed E-state index contributed by atoms with van der Waals surface area (Å²) in [5, 5.41) is 0. The molecule has 0 amide bonds. The number of hydrogen-bond donors (Lipinski definition) is 1. The van der Waals surface area contributed by atoms with Crippen molar-refractivity contribution in [3.05, 3.63) is 25.3 Å². The third kappa shape index (κ3) is 6.55. The van der Waals surface area contributed by atoms with E-state index in [1.54, 1.807) is 0 Å². The SMILES string of the molecule is C=CCN(CC=C)CCC(N)CC. The molecule has 2 heteroatoms. The molecule has 0 aromatic heterocycles. The van der Waals surface area contributed by atoms with Gasteiger partial charge in [-0.3, -0.25) is 4.90 Å². The van der Waals surface area contributed by atoms with Crippen LogP contribution in [0.2, 0.25) is 0 Å². The Balaban J connectivity index is 3.66. The zero-order chi connectivity index (χ0) is 10.1. The lowest BCUT2D eigenvalue weighted by Gasteiger charge is -2.20. The molecule has 0 aromatic carbocycles. The zero-order valence-corrected chi connectivity index (χ0v) is 8.71. The van der Waals surface area contributed by atoms with Crippen LogP contribution in [0.3, 0.4) is 0 Å². The maximum absolute atomic E-state index is 5.84. The third-order valence-electron chi connectivity index (χ3n) is 2.12. The summed E-state index contributed by atoms with van der Waals surface area (Å²) >= 11 is 0. The molecular weight excluding hydrogens is 160 g/mol. The lowest BCUT2D eigenvalue weighted by atomic mass is 10.1. The predicted molar refractivity (Wildman–Crippen MR) is 59.7 cm³/mol. The van der Waals surface area contributed by atoms with Gasteiger partial charge in [0.25, 0.3) is 0 Å². The van der Waals surface area contributed by atoms with E-state index in [-0.39, 0.29) is 0 Å². The second-order valence-corrected chi connectivity index (χ2v) is 3.29. The molecule has 0 bridgehead atoms. The largest absolute Gasteiger partial charge is 0.328 e. The highest BCUT2D eigenvalue weighted by Crippen LogP contribution is 1.98. The first-order valence-corrected chi connectivity index (χ1v) is 4.94. The fraction of sp³-hybridized carbons (Fsp3) is 0.636. The first-order chi connectivity index (χ1) is 6.24. The first kappa shape index (κ1) is 12.4. The predicted octanol–water partition coefficient (Wildman–Crippen LogP) is 1.79. The minimum absolute atomic E-state index is 0.331. The summed E-state index contributed by atoms with van der Waals surface area (Å²) in [5.74, 6) is 0. The smallest absolute Gasteiger partial charge is 0.0163 e. The molecular formula is C11H22N2. The van der Waals surface area contributed by atoms with E-state index < -0.39 is 0 Å². The third-order valence-corrected chi connectivity index (χ3v) is 2.12. The van der Waals surface area contributed by atoms with Gasteiger partial charge in [0.2, 0.25) is 0 Å². The summed E-state index contributed by atoms with van der Waals surface area (Å²) in [6, 6.07) is 0.331. The van der Waals surface area contributed by atoms with Gasteiger partial charge in [-0.2, -0.15) is 0 Å². The Bertz CT molecular complexity index is 133. The van der Waals surface area contributed by atoms with Gasteiger partial charge in [0.15, 0.2) is 0 Å². The van der Waals surface area contributed by atoms with Crippen LogP contribution in [0.4, 0.5) is 0 Å². The number of rotatable bonds is 8. The highest BCUT2D eigenvalue weighted by atomic mass is 15.1. The van der Waals surface area contributed by atoms with E-state index in [1.165, 1.54) is 0 Å². The molecule has 0 fully saturated rings. The van der Waals surface area contributed by atoms with Crippen molar-refractivity contribution < 1.29 is 0 Å². The van der Waals surface area contributed by atoms with Crippen LogP contribution in [0.5, 0.6) is 0 Å². The summed E-state index contributed by atoms with van der Waals surface area (Å²) in [5.41, 5.74) is 5.84. The zero-order valence-electron chi connectivity index (χ0n) is 8.71. The standard InChI is InChI=1S/C11H22N2/c1-4-8-13(9-5-2)10-7-11(12)6-3/h4-5,11H,1-2,6-10,12H2,3H3. The van der Waals surface area contributed by atoms with E-state index >= 15 is 0 Å². The van der Waals surface area contributed by atoms with Crippen molar-refractivity contribution in [3.8, 4) is 0 Å². The van der Waals surface area contributed by atoms with Gasteiger partial charge in [0.1, 0.15) is 0 Å². The Morgan fingerprint density at radius 2 is 1.85 bits per heavy atom. The van der Waals surface area contributed by atoms with Crippen molar-refractivity contribution >= 4 is 0 Å². The van der Waals surface area contributed by atoms with Crippen LogP contribution in [0.1, 0.15) is 19.8 Å². The average Bonchev–Trinajstić information content (AvgIpc) is 2.14. The highest BCUT2D eigenvalue weighted by Gasteiger charge is 2.03. The van der Waals surface area contributed by atoms with Crippen LogP contribution in [0.15, 0.2) is 25.3 Å². The molecule has 0 aromatic rings. The molecule has 76 valence electrons. The Labute approximate surface area is 82.1 Å². The molecule has 13 heavy (non-hydrogen) atoms. The Hall–Kier alpha value is -0.600. The van der Waals surface area contributed by atoms with Crippen molar-refractivity contribution in [2.24, 2.45) is 5.73 Å². The summed E-state index contributed by atoms with van der Waals surface area (Å²) in [4.78, 5) is 2.29. The van der Waals surface area contributed by atoms with Crippen LogP contribution in [-0.4, -0.2) is 30.6 Å². The van der Waals surface area contributed by atoms with E-state index in [0.717, 1.165) is 32.5 Å². The lowest BCUT2D eigenvalue weighted by Crippen LogP contribution is -2.30. The van der Waals surface area contributed by atoms with Gasteiger partial charge in [0.05, 0.1) is 0 Å². The minimum Gasteiger partial charge on any atom is -0.328 e. The summed E-state index contributed by atoms with van der Waals surface area (Å²) in [6.45, 7) is 12.4. The van der Waals surface area contributed by atoms with E-state index in [9.17, 15) is 0 Å². The normalized spacial score (nSPS) is 12.8. The van der Waals surface area contributed by atoms with Crippen LogP contribution in [0.25, 0.3) is 0 Å². The minimum atomic E-state index is 0.331. The maximum Gasteiger partial charge on any atom is 0.0163 e. The van der Waals surface area contributed by atoms with Gasteiger partial charge in [-0.05, 0) is 12.8 Å². The van der Waals surface area contributed by atoms with Gasteiger partial charge in [-0.15, -0.1) is 13.2 Å². The van der Waals surface area contributed by atoms with Crippen LogP contribution >= 0.6 is 0 Å². The molecule has 0 spiro atoms. The molecule has 0 heterocycles. The monoisotopic (exact) mass is 182 g/mol. The molecule has 0 saturated heterocycles. The van der Waals surface area contributed by atoms with Crippen molar-refractivity contribution in [1.82, 2.24) is 4.90 Å². The van der Waals surface area contributed by atoms with Crippen molar-refractivity contribution in [2.75, 3.05) is 19.6 Å². The van der Waals surface area contributed by atoms with E-state index in [4.69, 9.17) is 5.73 Å². The Morgan fingerprint density at radius 1 is 1.31 bits per heavy atom. The molecule has 1 atom stereocenters. The van der Waals surface area contributed by atoms with Crippen LogP contribution < -0.4 is 5.73 Å². The van der Waals surface area contributed by atoms with Gasteiger partial charge in [0, 0.05) is 25.7 Å². The molecule has 0 aliphatic heterocycles. The lowest BCUT2D eigenvalue weighted by molar-refractivity contribution is 0.317. The Kier molecular flexibility index (Phi) is 7.65. The van der Waals surface area contributed by atoms with Gasteiger partial charge in [-0.25, -0.2) is 0 Å². The topological polar surface area (TPSA) is 29.3 Å². The van der Waals surface area contributed by atoms with Crippen LogP contribution in [0, 0.1) is 0 Å². The molecule has 0 aliphatic rings. The fourth-order valence-electron chi connectivity index (χ4n) is 1.17. The summed E-state index contributed by atoms with van der Waals surface area (Å²) in [6.07, 6.45) is 5.94. The maximum atomic E-state index is 5.84. The second-order valence-electron chi connectivity index (χ2n) is 3.29. The fourth-order valence-corrected chi connectivity index (χ4v) is 1.17. The molecule has 0 radical (unpaired) electrons. The van der Waals surface area contributed by atoms with Crippen LogP contribution in [-0.2, 0) is 0 Å². The molecule has 0 rings (SSSR count). The average molecular weight is 182 g/mol. The van der Waals surface area contributed by atoms with E-state index in [2.05, 4.69) is 25.0 Å². The van der Waals surface area contributed by atoms with Crippen molar-refractivity contribution in [2.45, 2.75) is 25.8 Å². The van der Waals surface area contributed by atoms with Crippen molar-refractivity contribution in [3.63, 3.8) is 0 Å². The van der Waals surface area contributed by atoms with E-state index in [0.29, 0.717) is 6.04 Å². The van der Waals surface area contributed by atoms with Gasteiger partial charge < -0.3 is 5.73 Å². The number of hydrogen-bond acceptors (Lipinski definition) is 2. The van der Waals surface area contributed by atoms with Gasteiger partial charge in [-0.1, -0.05) is 19.1 Å². The summed E-state index contributed by atoms with van der Waals surface area (Å²) in [7, 11) is 0. The Morgan fingerprint density at radius 3 is 2.23 bits per heavy atom. The van der Waals surface area contributed by atoms with E-state index in [1.807, 2.05) is 12.2 Å². The summed E-state index contributed by atoms with van der Waals surface area (Å²) < 4.78 is 0. The number of nitrogens with zero attached hydrogens (tertiary/aromatic N) is 1. The van der Waals surface area contributed by atoms with Gasteiger partial charge >= 0.3 is 0 Å². The quantitative estimate of drug-likeness (QED) is 0.580. The molecule has 0 aliphatic carbocycles. The first-order valence-electron chi connectivity index (χ1n) is 4.94. The number of nitrogens with two attached hydrogens (primary N) is 1. The molecule has 2 nitrogen and oxygen atoms in total. The molecule has 2 N–H and O–H groups in total.